The van der Waals surface area contributed by atoms with E-state index in [2.05, 4.69) is 29.2 Å². The third-order valence-electron chi connectivity index (χ3n) is 6.68. The van der Waals surface area contributed by atoms with E-state index in [0.29, 0.717) is 36.8 Å². The van der Waals surface area contributed by atoms with Gasteiger partial charge in [0.1, 0.15) is 18.0 Å². The first-order chi connectivity index (χ1) is 14.6. The Hall–Kier alpha value is -2.54. The van der Waals surface area contributed by atoms with Crippen LogP contribution in [0.15, 0.2) is 77.7 Å². The number of sulfonamides is 1. The van der Waals surface area contributed by atoms with Crippen LogP contribution in [0.3, 0.4) is 0 Å². The van der Waals surface area contributed by atoms with Gasteiger partial charge in [-0.2, -0.15) is 12.3 Å². The molecule has 1 saturated carbocycles. The quantitative estimate of drug-likeness (QED) is 0.468. The number of hydrogen-bond acceptors (Lipinski definition) is 4. The van der Waals surface area contributed by atoms with E-state index < -0.39 is 13.9 Å². The van der Waals surface area contributed by atoms with Crippen LogP contribution in [-0.4, -0.2) is 55.8 Å². The van der Waals surface area contributed by atoms with Crippen LogP contribution in [0.5, 0.6) is 0 Å². The van der Waals surface area contributed by atoms with Crippen molar-refractivity contribution in [3.63, 3.8) is 0 Å². The van der Waals surface area contributed by atoms with Crippen molar-refractivity contribution < 1.29 is 17.1 Å². The van der Waals surface area contributed by atoms with Crippen molar-refractivity contribution in [1.29, 1.82) is 0 Å². The lowest BCUT2D eigenvalue weighted by Crippen LogP contribution is -2.61. The van der Waals surface area contributed by atoms with Gasteiger partial charge in [-0.1, -0.05) is 66.7 Å². The standard InChI is InChI=1S/C24H25N2O3S/c27-18-26(30(28,29)24-12-6-10-19-9-4-5-11-21(19)24)15-13-25(14-16-26)23-17-22(23)20-7-2-1-3-8-20/h1-12,18,22-23H,13-17H2/q+1. The first-order valence-electron chi connectivity index (χ1n) is 10.4. The molecule has 0 bridgehead atoms. The molecule has 1 aliphatic heterocycles. The van der Waals surface area contributed by atoms with E-state index in [9.17, 15) is 13.2 Å². The normalized spacial score (nSPS) is 23.9. The molecule has 1 amide bonds. The van der Waals surface area contributed by atoms with Gasteiger partial charge < -0.3 is 0 Å². The Labute approximate surface area is 177 Å². The number of benzene rings is 3. The second-order valence-electron chi connectivity index (χ2n) is 8.31. The second kappa shape index (κ2) is 7.30. The summed E-state index contributed by atoms with van der Waals surface area (Å²) >= 11 is 0. The van der Waals surface area contributed by atoms with Crippen LogP contribution in [0.4, 0.5) is 0 Å². The number of carbonyl (C=O) groups excluding carboxylic acids is 1. The first-order valence-corrected chi connectivity index (χ1v) is 11.8. The van der Waals surface area contributed by atoms with E-state index in [4.69, 9.17) is 0 Å². The van der Waals surface area contributed by atoms with Crippen LogP contribution in [0.25, 0.3) is 10.8 Å². The van der Waals surface area contributed by atoms with Gasteiger partial charge in [0, 0.05) is 30.4 Å². The number of fused-ring (bicyclic) bond motifs is 1. The van der Waals surface area contributed by atoms with Gasteiger partial charge in [-0.15, -0.1) is 0 Å². The summed E-state index contributed by atoms with van der Waals surface area (Å²) in [6, 6.07) is 23.6. The van der Waals surface area contributed by atoms with E-state index in [1.165, 1.54) is 5.56 Å². The van der Waals surface area contributed by atoms with Gasteiger partial charge in [0.15, 0.2) is 0 Å². The third kappa shape index (κ3) is 3.07. The van der Waals surface area contributed by atoms with E-state index in [1.807, 2.05) is 36.4 Å². The SMILES string of the molecule is O=C[N+]1(S(=O)(=O)c2cccc3ccccc23)CCN(C2CC2c2ccccc2)CC1. The van der Waals surface area contributed by atoms with Gasteiger partial charge in [0.2, 0.25) is 0 Å². The monoisotopic (exact) mass is 421 g/mol. The average Bonchev–Trinajstić information content (AvgIpc) is 3.60. The molecule has 2 aliphatic rings. The highest BCUT2D eigenvalue weighted by Crippen LogP contribution is 2.45. The van der Waals surface area contributed by atoms with E-state index in [0.717, 1.165) is 11.8 Å². The summed E-state index contributed by atoms with van der Waals surface area (Å²) in [4.78, 5) is 14.8. The molecule has 0 spiro atoms. The predicted octanol–water partition coefficient (Wildman–Crippen LogP) is 3.37. The van der Waals surface area contributed by atoms with Gasteiger partial charge in [-0.05, 0) is 23.4 Å². The molecule has 154 valence electrons. The molecule has 0 N–H and O–H groups in total. The molecule has 5 rings (SSSR count). The van der Waals surface area contributed by atoms with Crippen LogP contribution in [0, 0.1) is 0 Å². The molecule has 2 unspecified atom stereocenters. The molecule has 1 heterocycles. The Balaban J connectivity index is 1.39. The number of hydrogen-bond donors (Lipinski definition) is 0. The molecule has 1 aliphatic carbocycles. The van der Waals surface area contributed by atoms with Crippen molar-refractivity contribution in [2.45, 2.75) is 23.3 Å². The maximum absolute atomic E-state index is 13.7. The smallest absolute Gasteiger partial charge is 0.289 e. The Morgan fingerprint density at radius 3 is 2.27 bits per heavy atom. The predicted molar refractivity (Wildman–Crippen MR) is 116 cm³/mol. The number of nitrogens with zero attached hydrogens (tertiary/aromatic N) is 2. The number of carbonyl (C=O) groups is 1. The summed E-state index contributed by atoms with van der Waals surface area (Å²) in [6.45, 7) is 1.79. The number of rotatable bonds is 5. The zero-order valence-corrected chi connectivity index (χ0v) is 17.5. The minimum Gasteiger partial charge on any atom is -0.289 e. The maximum Gasteiger partial charge on any atom is 0.334 e. The third-order valence-corrected chi connectivity index (χ3v) is 9.00. The Bertz CT molecular complexity index is 1180. The summed E-state index contributed by atoms with van der Waals surface area (Å²) in [5.41, 5.74) is 1.34. The van der Waals surface area contributed by atoms with Crippen LogP contribution < -0.4 is 0 Å². The van der Waals surface area contributed by atoms with Crippen LogP contribution >= 0.6 is 0 Å². The summed E-state index contributed by atoms with van der Waals surface area (Å²) in [6.07, 6.45) is 1.73. The van der Waals surface area contributed by atoms with Gasteiger partial charge in [0.05, 0.1) is 0 Å². The van der Waals surface area contributed by atoms with Gasteiger partial charge in [-0.25, -0.2) is 4.79 Å². The maximum atomic E-state index is 13.7. The zero-order chi connectivity index (χ0) is 20.8. The fourth-order valence-corrected chi connectivity index (χ4v) is 6.68. The summed E-state index contributed by atoms with van der Waals surface area (Å²) in [5, 5.41) is 1.54. The lowest BCUT2D eigenvalue weighted by Gasteiger charge is -2.39. The Kier molecular flexibility index (Phi) is 4.73. The fourth-order valence-electron chi connectivity index (χ4n) is 4.81. The fraction of sp³-hybridized carbons (Fsp3) is 0.292. The van der Waals surface area contributed by atoms with Crippen LogP contribution in [-0.2, 0) is 14.8 Å². The Morgan fingerprint density at radius 2 is 1.53 bits per heavy atom. The van der Waals surface area contributed by atoms with Crippen molar-refractivity contribution in [1.82, 2.24) is 4.90 Å². The summed E-state index contributed by atoms with van der Waals surface area (Å²) in [7, 11) is -3.85. The molecule has 3 aromatic rings. The molecule has 0 radical (unpaired) electrons. The van der Waals surface area contributed by atoms with Crippen LogP contribution in [0.1, 0.15) is 17.9 Å². The highest BCUT2D eigenvalue weighted by Gasteiger charge is 2.51. The van der Waals surface area contributed by atoms with Crippen molar-refractivity contribution in [2.75, 3.05) is 26.2 Å². The van der Waals surface area contributed by atoms with Gasteiger partial charge >= 0.3 is 16.4 Å². The van der Waals surface area contributed by atoms with Gasteiger partial charge in [-0.3, -0.25) is 4.90 Å². The minimum atomic E-state index is -3.85. The molecule has 1 saturated heterocycles. The molecule has 6 heteroatoms. The number of piperazine rings is 1. The highest BCUT2D eigenvalue weighted by atomic mass is 32.2. The van der Waals surface area contributed by atoms with Gasteiger partial charge in [0.25, 0.3) is 0 Å². The largest absolute Gasteiger partial charge is 0.334 e. The summed E-state index contributed by atoms with van der Waals surface area (Å²) in [5.74, 6) is 0.511. The number of amides is 1. The Morgan fingerprint density at radius 1 is 0.867 bits per heavy atom. The molecular formula is C24H25N2O3S+. The van der Waals surface area contributed by atoms with Crippen molar-refractivity contribution >= 4 is 27.2 Å². The van der Waals surface area contributed by atoms with E-state index in [-0.39, 0.29) is 18.0 Å². The molecule has 5 nitrogen and oxygen atoms in total. The molecule has 0 aromatic heterocycles. The summed E-state index contributed by atoms with van der Waals surface area (Å²) < 4.78 is 26.8. The van der Waals surface area contributed by atoms with Crippen molar-refractivity contribution in [2.24, 2.45) is 0 Å². The first kappa shape index (κ1) is 19.4. The zero-order valence-electron chi connectivity index (χ0n) is 16.7. The lowest BCUT2D eigenvalue weighted by atomic mass is 10.1. The molecule has 2 atom stereocenters. The molecule has 30 heavy (non-hydrogen) atoms. The van der Waals surface area contributed by atoms with Crippen LogP contribution in [0.2, 0.25) is 0 Å². The minimum absolute atomic E-state index is 0.245. The topological polar surface area (TPSA) is 54.5 Å². The highest BCUT2D eigenvalue weighted by molar-refractivity contribution is 7.86. The molecular weight excluding hydrogens is 396 g/mol. The van der Waals surface area contributed by atoms with E-state index in [1.54, 1.807) is 12.1 Å². The van der Waals surface area contributed by atoms with E-state index >= 15 is 0 Å². The lowest BCUT2D eigenvalue weighted by molar-refractivity contribution is -0.725. The second-order valence-corrected chi connectivity index (χ2v) is 10.4. The molecule has 2 fully saturated rings. The number of quaternary nitrogens is 1. The van der Waals surface area contributed by atoms with Crippen molar-refractivity contribution in [3.8, 4) is 0 Å². The van der Waals surface area contributed by atoms with Crippen molar-refractivity contribution in [3.05, 3.63) is 78.4 Å². The average molecular weight is 422 g/mol. The molecule has 3 aromatic carbocycles.